The normalized spacial score (nSPS) is 10.1. The van der Waals surface area contributed by atoms with Gasteiger partial charge in [-0.05, 0) is 36.6 Å². The fraction of sp³-hybridized carbons (Fsp3) is 0.0909. The molecule has 0 radical (unpaired) electrons. The van der Waals surface area contributed by atoms with E-state index in [0.717, 1.165) is 5.03 Å². The van der Waals surface area contributed by atoms with Crippen LogP contribution in [0.25, 0.3) is 0 Å². The zero-order valence-corrected chi connectivity index (χ0v) is 9.37. The summed E-state index contributed by atoms with van der Waals surface area (Å²) in [7, 11) is 0. The van der Waals surface area contributed by atoms with Crippen LogP contribution in [0.15, 0.2) is 41.4 Å². The molecule has 0 atom stereocenters. The second-order valence-electron chi connectivity index (χ2n) is 2.97. The van der Waals surface area contributed by atoms with Crippen LogP contribution in [-0.2, 0) is 0 Å². The van der Waals surface area contributed by atoms with Gasteiger partial charge in [-0.1, -0.05) is 0 Å². The first-order valence-corrected chi connectivity index (χ1v) is 5.81. The minimum atomic E-state index is -0.295. The van der Waals surface area contributed by atoms with Crippen molar-refractivity contribution >= 4 is 11.8 Å². The second kappa shape index (κ2) is 4.94. The zero-order valence-electron chi connectivity index (χ0n) is 8.55. The topological polar surface area (TPSA) is 35.0 Å². The third-order valence-electron chi connectivity index (χ3n) is 1.86. The second-order valence-corrected chi connectivity index (χ2v) is 3.80. The van der Waals surface area contributed by atoms with Gasteiger partial charge >= 0.3 is 0 Å². The highest BCUT2D eigenvalue weighted by Crippen LogP contribution is 2.20. The van der Waals surface area contributed by atoms with E-state index < -0.39 is 0 Å². The molecule has 1 heterocycles. The van der Waals surface area contributed by atoms with Crippen LogP contribution >= 0.6 is 11.8 Å². The Labute approximate surface area is 96.7 Å². The van der Waals surface area contributed by atoms with Crippen molar-refractivity contribution in [1.82, 2.24) is 10.2 Å². The van der Waals surface area contributed by atoms with Crippen LogP contribution in [-0.4, -0.2) is 16.5 Å². The lowest BCUT2D eigenvalue weighted by atomic mass is 10.3. The molecular weight excluding hydrogens is 227 g/mol. The molecule has 0 saturated heterocycles. The number of benzene rings is 1. The molecule has 1 aromatic heterocycles. The Morgan fingerprint density at radius 3 is 2.38 bits per heavy atom. The van der Waals surface area contributed by atoms with Gasteiger partial charge in [0.05, 0.1) is 0 Å². The fourth-order valence-corrected chi connectivity index (χ4v) is 1.42. The molecule has 0 unspecified atom stereocenters. The van der Waals surface area contributed by atoms with Gasteiger partial charge in [0, 0.05) is 6.07 Å². The molecule has 0 saturated carbocycles. The Kier molecular flexibility index (Phi) is 3.36. The average molecular weight is 236 g/mol. The lowest BCUT2D eigenvalue weighted by molar-refractivity contribution is 0.451. The maximum atomic E-state index is 12.6. The van der Waals surface area contributed by atoms with Crippen LogP contribution in [0.1, 0.15) is 0 Å². The minimum absolute atomic E-state index is 0.295. The predicted octanol–water partition coefficient (Wildman–Crippen LogP) is 3.13. The van der Waals surface area contributed by atoms with Crippen molar-refractivity contribution in [3.63, 3.8) is 0 Å². The number of ether oxygens (including phenoxy) is 1. The monoisotopic (exact) mass is 236 g/mol. The molecule has 0 aliphatic rings. The molecule has 0 spiro atoms. The van der Waals surface area contributed by atoms with Gasteiger partial charge in [-0.3, -0.25) is 0 Å². The number of nitrogens with zero attached hydrogens (tertiary/aromatic N) is 2. The summed E-state index contributed by atoms with van der Waals surface area (Å²) in [6.07, 6.45) is 1.92. The summed E-state index contributed by atoms with van der Waals surface area (Å²) >= 11 is 1.51. The fourth-order valence-electron chi connectivity index (χ4n) is 1.09. The Balaban J connectivity index is 2.11. The maximum absolute atomic E-state index is 12.6. The van der Waals surface area contributed by atoms with Crippen LogP contribution in [0.5, 0.6) is 11.6 Å². The number of hydrogen-bond donors (Lipinski definition) is 0. The van der Waals surface area contributed by atoms with Gasteiger partial charge in [-0.15, -0.1) is 22.0 Å². The summed E-state index contributed by atoms with van der Waals surface area (Å²) in [5, 5.41) is 8.63. The van der Waals surface area contributed by atoms with E-state index >= 15 is 0 Å². The summed E-state index contributed by atoms with van der Waals surface area (Å²) in [4.78, 5) is 0. The summed E-state index contributed by atoms with van der Waals surface area (Å²) < 4.78 is 18.0. The Morgan fingerprint density at radius 1 is 1.06 bits per heavy atom. The zero-order chi connectivity index (χ0) is 11.4. The van der Waals surface area contributed by atoms with E-state index in [4.69, 9.17) is 4.74 Å². The molecular formula is C11H9FN2OS. The number of halogens is 1. The van der Waals surface area contributed by atoms with E-state index in [1.807, 2.05) is 12.3 Å². The Hall–Kier alpha value is -1.62. The Bertz CT molecular complexity index is 458. The lowest BCUT2D eigenvalue weighted by Crippen LogP contribution is -1.91. The summed E-state index contributed by atoms with van der Waals surface area (Å²) in [5.74, 6) is 0.633. The van der Waals surface area contributed by atoms with Gasteiger partial charge in [-0.2, -0.15) is 0 Å². The van der Waals surface area contributed by atoms with Gasteiger partial charge in [0.15, 0.2) is 0 Å². The van der Waals surface area contributed by atoms with Crippen LogP contribution in [0.3, 0.4) is 0 Å². The molecule has 3 nitrogen and oxygen atoms in total. The van der Waals surface area contributed by atoms with Crippen LogP contribution in [0, 0.1) is 5.82 Å². The first-order valence-electron chi connectivity index (χ1n) is 4.59. The smallest absolute Gasteiger partial charge is 0.238 e. The van der Waals surface area contributed by atoms with E-state index in [1.54, 1.807) is 18.2 Å². The number of rotatable bonds is 3. The molecule has 2 aromatic rings. The molecule has 82 valence electrons. The van der Waals surface area contributed by atoms with Crippen molar-refractivity contribution in [3.8, 4) is 11.6 Å². The van der Waals surface area contributed by atoms with Gasteiger partial charge in [0.1, 0.15) is 16.6 Å². The number of thioether (sulfide) groups is 1. The molecule has 1 aromatic carbocycles. The van der Waals surface area contributed by atoms with Crippen LogP contribution < -0.4 is 4.74 Å². The van der Waals surface area contributed by atoms with E-state index in [1.165, 1.54) is 23.9 Å². The van der Waals surface area contributed by atoms with Crippen molar-refractivity contribution in [2.45, 2.75) is 5.03 Å². The predicted molar refractivity (Wildman–Crippen MR) is 60.3 cm³/mol. The van der Waals surface area contributed by atoms with Gasteiger partial charge < -0.3 is 4.74 Å². The summed E-state index contributed by atoms with van der Waals surface area (Å²) in [6, 6.07) is 9.29. The molecule has 2 rings (SSSR count). The molecule has 0 N–H and O–H groups in total. The average Bonchev–Trinajstić information content (AvgIpc) is 2.33. The third-order valence-corrected chi connectivity index (χ3v) is 2.50. The van der Waals surface area contributed by atoms with Gasteiger partial charge in [0.25, 0.3) is 0 Å². The molecule has 5 heteroatoms. The summed E-state index contributed by atoms with van der Waals surface area (Å²) in [5.41, 5.74) is 0. The Morgan fingerprint density at radius 2 is 1.81 bits per heavy atom. The first-order chi connectivity index (χ1) is 7.78. The van der Waals surface area contributed by atoms with Crippen LogP contribution in [0.4, 0.5) is 4.39 Å². The third kappa shape index (κ3) is 2.70. The number of hydrogen-bond acceptors (Lipinski definition) is 4. The van der Waals surface area contributed by atoms with E-state index in [2.05, 4.69) is 10.2 Å². The molecule has 0 fully saturated rings. The van der Waals surface area contributed by atoms with Crippen LogP contribution in [0.2, 0.25) is 0 Å². The lowest BCUT2D eigenvalue weighted by Gasteiger charge is -2.03. The van der Waals surface area contributed by atoms with Crippen molar-refractivity contribution in [2.24, 2.45) is 0 Å². The standard InChI is InChI=1S/C11H9FN2OS/c1-16-11-7-6-10(13-14-11)15-9-4-2-8(12)3-5-9/h2-7H,1H3. The largest absolute Gasteiger partial charge is 0.438 e. The first kappa shape index (κ1) is 10.9. The molecule has 0 aliphatic heterocycles. The quantitative estimate of drug-likeness (QED) is 0.767. The highest BCUT2D eigenvalue weighted by atomic mass is 32.2. The molecule has 0 bridgehead atoms. The minimum Gasteiger partial charge on any atom is -0.438 e. The summed E-state index contributed by atoms with van der Waals surface area (Å²) in [6.45, 7) is 0. The van der Waals surface area contributed by atoms with E-state index in [9.17, 15) is 4.39 Å². The SMILES string of the molecule is CSc1ccc(Oc2ccc(F)cc2)nn1. The van der Waals surface area contributed by atoms with Crippen molar-refractivity contribution in [3.05, 3.63) is 42.2 Å². The van der Waals surface area contributed by atoms with Gasteiger partial charge in [0.2, 0.25) is 5.88 Å². The van der Waals surface area contributed by atoms with Crippen molar-refractivity contribution in [2.75, 3.05) is 6.26 Å². The van der Waals surface area contributed by atoms with Crippen molar-refractivity contribution < 1.29 is 9.13 Å². The molecule has 0 amide bonds. The maximum Gasteiger partial charge on any atom is 0.238 e. The highest BCUT2D eigenvalue weighted by Gasteiger charge is 2.00. The van der Waals surface area contributed by atoms with Gasteiger partial charge in [-0.25, -0.2) is 4.39 Å². The number of aromatic nitrogens is 2. The molecule has 16 heavy (non-hydrogen) atoms. The van der Waals surface area contributed by atoms with E-state index in [0.29, 0.717) is 11.6 Å². The van der Waals surface area contributed by atoms with Crippen molar-refractivity contribution in [1.29, 1.82) is 0 Å². The highest BCUT2D eigenvalue weighted by molar-refractivity contribution is 7.98. The van der Waals surface area contributed by atoms with E-state index in [-0.39, 0.29) is 5.82 Å². The molecule has 0 aliphatic carbocycles.